The lowest BCUT2D eigenvalue weighted by Crippen LogP contribution is -2.37. The quantitative estimate of drug-likeness (QED) is 0.763. The molecule has 1 atom stereocenters. The average molecular weight is 229 g/mol. The van der Waals surface area contributed by atoms with Gasteiger partial charge in [0.05, 0.1) is 6.04 Å². The van der Waals surface area contributed by atoms with Crippen molar-refractivity contribution in [3.05, 3.63) is 35.4 Å². The minimum Gasteiger partial charge on any atom is -0.383 e. The van der Waals surface area contributed by atoms with Crippen LogP contribution in [-0.4, -0.2) is 25.0 Å². The minimum absolute atomic E-state index is 0.395. The predicted molar refractivity (Wildman–Crippen MR) is 70.3 cm³/mol. The largest absolute Gasteiger partial charge is 0.383 e. The van der Waals surface area contributed by atoms with Crippen LogP contribution in [0, 0.1) is 5.92 Å². The minimum atomic E-state index is 0.395. The highest BCUT2D eigenvalue weighted by atomic mass is 14.9. The number of fused-ring (bicyclic) bond motifs is 1. The number of nitrogens with zero attached hydrogens (tertiary/aromatic N) is 1. The van der Waals surface area contributed by atoms with E-state index in [-0.39, 0.29) is 0 Å². The van der Waals surface area contributed by atoms with Crippen LogP contribution in [0.5, 0.6) is 0 Å². The molecule has 1 aromatic carbocycles. The maximum absolute atomic E-state index is 6.08. The van der Waals surface area contributed by atoms with Gasteiger partial charge in [-0.15, -0.1) is 0 Å². The third-order valence-electron chi connectivity index (χ3n) is 3.96. The highest BCUT2D eigenvalue weighted by Crippen LogP contribution is 2.27. The van der Waals surface area contributed by atoms with Gasteiger partial charge in [0.15, 0.2) is 0 Å². The summed E-state index contributed by atoms with van der Waals surface area (Å²) in [6.45, 7) is 2.25. The first-order chi connectivity index (χ1) is 8.34. The molecule has 2 aliphatic rings. The topological polar surface area (TPSA) is 50.4 Å². The zero-order valence-corrected chi connectivity index (χ0v) is 10.0. The summed E-state index contributed by atoms with van der Waals surface area (Å²) in [7, 11) is 0. The van der Waals surface area contributed by atoms with Crippen LogP contribution in [0.25, 0.3) is 0 Å². The van der Waals surface area contributed by atoms with Crippen molar-refractivity contribution in [3.63, 3.8) is 0 Å². The van der Waals surface area contributed by atoms with Crippen molar-refractivity contribution in [3.8, 4) is 0 Å². The summed E-state index contributed by atoms with van der Waals surface area (Å²) < 4.78 is 0. The number of nitrogens with two attached hydrogens (primary N) is 1. The molecule has 0 bridgehead atoms. The molecule has 0 saturated carbocycles. The number of hydrogen-bond donors (Lipinski definition) is 2. The van der Waals surface area contributed by atoms with E-state index >= 15 is 0 Å². The van der Waals surface area contributed by atoms with Gasteiger partial charge in [0, 0.05) is 5.56 Å². The van der Waals surface area contributed by atoms with E-state index in [4.69, 9.17) is 10.7 Å². The molecule has 2 aliphatic heterocycles. The number of piperidine rings is 1. The summed E-state index contributed by atoms with van der Waals surface area (Å²) in [6, 6.07) is 8.79. The second kappa shape index (κ2) is 4.49. The molecule has 1 aromatic rings. The fraction of sp³-hybridized carbons (Fsp3) is 0.500. The first-order valence-electron chi connectivity index (χ1n) is 6.47. The summed E-state index contributed by atoms with van der Waals surface area (Å²) >= 11 is 0. The molecule has 90 valence electrons. The molecule has 3 N–H and O–H groups in total. The predicted octanol–water partition coefficient (Wildman–Crippen LogP) is 1.32. The fourth-order valence-electron chi connectivity index (χ4n) is 2.97. The van der Waals surface area contributed by atoms with Crippen LogP contribution in [0.2, 0.25) is 0 Å². The Hall–Kier alpha value is -1.35. The van der Waals surface area contributed by atoms with E-state index in [1.807, 2.05) is 6.07 Å². The van der Waals surface area contributed by atoms with Crippen molar-refractivity contribution < 1.29 is 0 Å². The summed E-state index contributed by atoms with van der Waals surface area (Å²) in [6.07, 6.45) is 3.51. The molecule has 1 fully saturated rings. The summed E-state index contributed by atoms with van der Waals surface area (Å²) in [4.78, 5) is 4.71. The van der Waals surface area contributed by atoms with E-state index in [0.29, 0.717) is 12.0 Å². The van der Waals surface area contributed by atoms with Crippen LogP contribution in [0.4, 0.5) is 0 Å². The van der Waals surface area contributed by atoms with Gasteiger partial charge < -0.3 is 11.1 Å². The SMILES string of the molecule is NC1=NC(C2CCNCC2)Cc2ccccc21. The number of amidine groups is 1. The van der Waals surface area contributed by atoms with E-state index in [9.17, 15) is 0 Å². The fourth-order valence-corrected chi connectivity index (χ4v) is 2.97. The van der Waals surface area contributed by atoms with Crippen LogP contribution < -0.4 is 11.1 Å². The lowest BCUT2D eigenvalue weighted by molar-refractivity contribution is 0.316. The highest BCUT2D eigenvalue weighted by molar-refractivity contribution is 5.99. The Kier molecular flexibility index (Phi) is 2.85. The summed E-state index contributed by atoms with van der Waals surface area (Å²) in [5.41, 5.74) is 8.58. The normalized spacial score (nSPS) is 25.2. The zero-order valence-electron chi connectivity index (χ0n) is 10.0. The lowest BCUT2D eigenvalue weighted by atomic mass is 9.84. The van der Waals surface area contributed by atoms with Gasteiger partial charge in [-0.25, -0.2) is 0 Å². The maximum Gasteiger partial charge on any atom is 0.126 e. The van der Waals surface area contributed by atoms with Crippen molar-refractivity contribution in [2.75, 3.05) is 13.1 Å². The van der Waals surface area contributed by atoms with Gasteiger partial charge in [0.25, 0.3) is 0 Å². The Morgan fingerprint density at radius 3 is 2.76 bits per heavy atom. The van der Waals surface area contributed by atoms with E-state index < -0.39 is 0 Å². The molecule has 0 aliphatic carbocycles. The van der Waals surface area contributed by atoms with Crippen molar-refractivity contribution in [2.45, 2.75) is 25.3 Å². The van der Waals surface area contributed by atoms with Gasteiger partial charge in [0.2, 0.25) is 0 Å². The standard InChI is InChI=1S/C14H19N3/c15-14-12-4-2-1-3-11(12)9-13(17-14)10-5-7-16-8-6-10/h1-4,10,13,16H,5-9H2,(H2,15,17). The van der Waals surface area contributed by atoms with Gasteiger partial charge in [-0.05, 0) is 43.8 Å². The van der Waals surface area contributed by atoms with Crippen LogP contribution in [0.1, 0.15) is 24.0 Å². The monoisotopic (exact) mass is 229 g/mol. The van der Waals surface area contributed by atoms with E-state index in [1.54, 1.807) is 0 Å². The Balaban J connectivity index is 1.84. The first-order valence-corrected chi connectivity index (χ1v) is 6.47. The van der Waals surface area contributed by atoms with E-state index in [0.717, 1.165) is 30.9 Å². The zero-order chi connectivity index (χ0) is 11.7. The molecule has 3 rings (SSSR count). The van der Waals surface area contributed by atoms with Gasteiger partial charge in [-0.3, -0.25) is 4.99 Å². The number of nitrogens with one attached hydrogen (secondary N) is 1. The van der Waals surface area contributed by atoms with E-state index in [1.165, 1.54) is 18.4 Å². The third-order valence-corrected chi connectivity index (χ3v) is 3.96. The second-order valence-electron chi connectivity index (χ2n) is 5.03. The Morgan fingerprint density at radius 2 is 1.94 bits per heavy atom. The number of hydrogen-bond acceptors (Lipinski definition) is 3. The van der Waals surface area contributed by atoms with Crippen molar-refractivity contribution >= 4 is 5.84 Å². The molecule has 0 aromatic heterocycles. The second-order valence-corrected chi connectivity index (χ2v) is 5.03. The molecular weight excluding hydrogens is 210 g/mol. The highest BCUT2D eigenvalue weighted by Gasteiger charge is 2.27. The number of aliphatic imine (C=N–C) groups is 1. The molecule has 0 spiro atoms. The molecule has 0 radical (unpaired) electrons. The van der Waals surface area contributed by atoms with Crippen LogP contribution >= 0.6 is 0 Å². The number of rotatable bonds is 1. The van der Waals surface area contributed by atoms with E-state index in [2.05, 4.69) is 23.5 Å². The molecule has 0 amide bonds. The van der Waals surface area contributed by atoms with Gasteiger partial charge >= 0.3 is 0 Å². The Labute approximate surface area is 102 Å². The summed E-state index contributed by atoms with van der Waals surface area (Å²) in [5.74, 6) is 1.43. The average Bonchev–Trinajstić information content (AvgIpc) is 2.40. The summed E-state index contributed by atoms with van der Waals surface area (Å²) in [5, 5.41) is 3.40. The lowest BCUT2D eigenvalue weighted by Gasteiger charge is -2.31. The van der Waals surface area contributed by atoms with Crippen LogP contribution in [-0.2, 0) is 6.42 Å². The molecule has 3 nitrogen and oxygen atoms in total. The first kappa shape index (κ1) is 10.8. The maximum atomic E-state index is 6.08. The molecular formula is C14H19N3. The van der Waals surface area contributed by atoms with Crippen molar-refractivity contribution in [1.29, 1.82) is 0 Å². The smallest absolute Gasteiger partial charge is 0.126 e. The van der Waals surface area contributed by atoms with Gasteiger partial charge in [-0.2, -0.15) is 0 Å². The molecule has 1 saturated heterocycles. The van der Waals surface area contributed by atoms with Gasteiger partial charge in [0.1, 0.15) is 5.84 Å². The number of benzene rings is 1. The molecule has 17 heavy (non-hydrogen) atoms. The van der Waals surface area contributed by atoms with Crippen LogP contribution in [0.15, 0.2) is 29.3 Å². The Morgan fingerprint density at radius 1 is 1.18 bits per heavy atom. The molecule has 2 heterocycles. The Bertz CT molecular complexity index is 433. The molecule has 3 heteroatoms. The van der Waals surface area contributed by atoms with Crippen molar-refractivity contribution in [1.82, 2.24) is 5.32 Å². The third kappa shape index (κ3) is 2.07. The van der Waals surface area contributed by atoms with Crippen LogP contribution in [0.3, 0.4) is 0 Å². The van der Waals surface area contributed by atoms with Crippen molar-refractivity contribution in [2.24, 2.45) is 16.6 Å². The van der Waals surface area contributed by atoms with Gasteiger partial charge in [-0.1, -0.05) is 24.3 Å². The molecule has 1 unspecified atom stereocenters.